The molecule has 2 atom stereocenters. The van der Waals surface area contributed by atoms with Crippen molar-refractivity contribution in [1.29, 1.82) is 0 Å². The van der Waals surface area contributed by atoms with Crippen LogP contribution in [0.2, 0.25) is 0 Å². The molecule has 0 spiro atoms. The van der Waals surface area contributed by atoms with E-state index < -0.39 is 0 Å². The summed E-state index contributed by atoms with van der Waals surface area (Å²) in [5.41, 5.74) is 0.0996. The van der Waals surface area contributed by atoms with E-state index in [9.17, 15) is 0 Å². The first-order valence-corrected chi connectivity index (χ1v) is 7.63. The van der Waals surface area contributed by atoms with E-state index in [0.717, 1.165) is 19.1 Å². The molecular formula is C15H29NO. The molecule has 1 saturated heterocycles. The van der Waals surface area contributed by atoms with Gasteiger partial charge in [-0.05, 0) is 57.9 Å². The van der Waals surface area contributed by atoms with Crippen molar-refractivity contribution in [1.82, 2.24) is 5.32 Å². The molecule has 2 rings (SSSR count). The summed E-state index contributed by atoms with van der Waals surface area (Å²) in [7, 11) is 0. The van der Waals surface area contributed by atoms with Crippen molar-refractivity contribution in [2.45, 2.75) is 76.9 Å². The molecule has 0 aromatic heterocycles. The zero-order valence-corrected chi connectivity index (χ0v) is 11.6. The van der Waals surface area contributed by atoms with Crippen molar-refractivity contribution in [3.05, 3.63) is 0 Å². The van der Waals surface area contributed by atoms with Crippen LogP contribution in [0.1, 0.15) is 65.2 Å². The minimum atomic E-state index is 0.0996. The molecule has 2 nitrogen and oxygen atoms in total. The minimum Gasteiger partial charge on any atom is -0.374 e. The highest BCUT2D eigenvalue weighted by atomic mass is 16.5. The van der Waals surface area contributed by atoms with Crippen LogP contribution in [0.4, 0.5) is 0 Å². The molecule has 1 N–H and O–H groups in total. The molecule has 0 amide bonds. The SMILES string of the molecule is CCCNC(C1CCCC1)C1(C)CCCCO1. The Kier molecular flexibility index (Phi) is 4.87. The van der Waals surface area contributed by atoms with Gasteiger partial charge in [0.2, 0.25) is 0 Å². The number of rotatable bonds is 5. The summed E-state index contributed by atoms with van der Waals surface area (Å²) in [5.74, 6) is 0.852. The van der Waals surface area contributed by atoms with E-state index in [1.165, 1.54) is 51.4 Å². The molecule has 1 saturated carbocycles. The molecule has 0 aromatic rings. The Labute approximate surface area is 107 Å². The molecule has 0 radical (unpaired) electrons. The Hall–Kier alpha value is -0.0800. The highest BCUT2D eigenvalue weighted by Gasteiger charge is 2.41. The van der Waals surface area contributed by atoms with Gasteiger partial charge in [0.25, 0.3) is 0 Å². The summed E-state index contributed by atoms with van der Waals surface area (Å²) in [6.07, 6.45) is 10.7. The maximum Gasteiger partial charge on any atom is 0.0809 e. The van der Waals surface area contributed by atoms with Crippen molar-refractivity contribution >= 4 is 0 Å². The number of hydrogen-bond donors (Lipinski definition) is 1. The predicted octanol–water partition coefficient (Wildman–Crippen LogP) is 3.50. The standard InChI is InChI=1S/C15H29NO/c1-3-11-16-14(13-8-4-5-9-13)15(2)10-6-7-12-17-15/h13-14,16H,3-12H2,1-2H3. The van der Waals surface area contributed by atoms with Gasteiger partial charge in [-0.3, -0.25) is 0 Å². The van der Waals surface area contributed by atoms with Crippen LogP contribution < -0.4 is 5.32 Å². The van der Waals surface area contributed by atoms with E-state index in [1.54, 1.807) is 0 Å². The first kappa shape index (κ1) is 13.4. The van der Waals surface area contributed by atoms with E-state index in [4.69, 9.17) is 4.74 Å². The van der Waals surface area contributed by atoms with Crippen LogP contribution in [0.15, 0.2) is 0 Å². The summed E-state index contributed by atoms with van der Waals surface area (Å²) in [5, 5.41) is 3.80. The second kappa shape index (κ2) is 6.19. The topological polar surface area (TPSA) is 21.3 Å². The van der Waals surface area contributed by atoms with E-state index in [2.05, 4.69) is 19.2 Å². The normalized spacial score (nSPS) is 32.8. The van der Waals surface area contributed by atoms with Crippen LogP contribution in [-0.4, -0.2) is 24.8 Å². The number of hydrogen-bond acceptors (Lipinski definition) is 2. The van der Waals surface area contributed by atoms with E-state index in [0.29, 0.717) is 6.04 Å². The lowest BCUT2D eigenvalue weighted by Gasteiger charge is -2.44. The first-order chi connectivity index (χ1) is 8.26. The monoisotopic (exact) mass is 239 g/mol. The van der Waals surface area contributed by atoms with E-state index >= 15 is 0 Å². The van der Waals surface area contributed by atoms with Crippen LogP contribution in [0, 0.1) is 5.92 Å². The predicted molar refractivity (Wildman–Crippen MR) is 72.2 cm³/mol. The Morgan fingerprint density at radius 2 is 2.00 bits per heavy atom. The fourth-order valence-electron chi connectivity index (χ4n) is 3.67. The van der Waals surface area contributed by atoms with Crippen LogP contribution in [0.5, 0.6) is 0 Å². The highest BCUT2D eigenvalue weighted by molar-refractivity contribution is 4.96. The fraction of sp³-hybridized carbons (Fsp3) is 1.00. The molecule has 0 aromatic carbocycles. The lowest BCUT2D eigenvalue weighted by molar-refractivity contribution is -0.0998. The Balaban J connectivity index is 2.01. The zero-order chi connectivity index (χ0) is 12.1. The average molecular weight is 239 g/mol. The van der Waals surface area contributed by atoms with Gasteiger partial charge in [0, 0.05) is 12.6 Å². The molecular weight excluding hydrogens is 210 g/mol. The smallest absolute Gasteiger partial charge is 0.0809 e. The van der Waals surface area contributed by atoms with E-state index in [-0.39, 0.29) is 5.60 Å². The maximum atomic E-state index is 6.17. The third-order valence-electron chi connectivity index (χ3n) is 4.64. The van der Waals surface area contributed by atoms with Crippen molar-refractivity contribution in [3.8, 4) is 0 Å². The molecule has 2 unspecified atom stereocenters. The molecule has 2 heteroatoms. The Morgan fingerprint density at radius 3 is 2.59 bits per heavy atom. The molecule has 17 heavy (non-hydrogen) atoms. The van der Waals surface area contributed by atoms with Gasteiger partial charge in [0.15, 0.2) is 0 Å². The maximum absolute atomic E-state index is 6.17. The van der Waals surface area contributed by atoms with Crippen LogP contribution in [-0.2, 0) is 4.74 Å². The molecule has 100 valence electrons. The lowest BCUT2D eigenvalue weighted by Crippen LogP contribution is -2.55. The summed E-state index contributed by atoms with van der Waals surface area (Å²) in [6, 6.07) is 0.588. The summed E-state index contributed by atoms with van der Waals surface area (Å²) in [6.45, 7) is 6.70. The van der Waals surface area contributed by atoms with Gasteiger partial charge in [-0.1, -0.05) is 19.8 Å². The summed E-state index contributed by atoms with van der Waals surface area (Å²) >= 11 is 0. The van der Waals surface area contributed by atoms with Gasteiger partial charge in [-0.15, -0.1) is 0 Å². The summed E-state index contributed by atoms with van der Waals surface area (Å²) in [4.78, 5) is 0. The van der Waals surface area contributed by atoms with Gasteiger partial charge < -0.3 is 10.1 Å². The third kappa shape index (κ3) is 3.23. The van der Waals surface area contributed by atoms with Crippen LogP contribution >= 0.6 is 0 Å². The Bertz CT molecular complexity index is 217. The van der Waals surface area contributed by atoms with Gasteiger partial charge in [0.05, 0.1) is 5.60 Å². The molecule has 1 heterocycles. The fourth-order valence-corrected chi connectivity index (χ4v) is 3.67. The van der Waals surface area contributed by atoms with Gasteiger partial charge in [-0.25, -0.2) is 0 Å². The molecule has 2 aliphatic rings. The van der Waals surface area contributed by atoms with Crippen molar-refractivity contribution < 1.29 is 4.74 Å². The molecule has 1 aliphatic carbocycles. The van der Waals surface area contributed by atoms with Crippen LogP contribution in [0.3, 0.4) is 0 Å². The van der Waals surface area contributed by atoms with Crippen molar-refractivity contribution in [2.24, 2.45) is 5.92 Å². The minimum absolute atomic E-state index is 0.0996. The Morgan fingerprint density at radius 1 is 1.24 bits per heavy atom. The van der Waals surface area contributed by atoms with Gasteiger partial charge in [0.1, 0.15) is 0 Å². The highest BCUT2D eigenvalue weighted by Crippen LogP contribution is 2.37. The largest absolute Gasteiger partial charge is 0.374 e. The van der Waals surface area contributed by atoms with Crippen LogP contribution in [0.25, 0.3) is 0 Å². The van der Waals surface area contributed by atoms with Crippen molar-refractivity contribution in [3.63, 3.8) is 0 Å². The summed E-state index contributed by atoms with van der Waals surface area (Å²) < 4.78 is 6.17. The second-order valence-electron chi connectivity index (χ2n) is 6.09. The van der Waals surface area contributed by atoms with E-state index in [1.807, 2.05) is 0 Å². The first-order valence-electron chi connectivity index (χ1n) is 7.63. The molecule has 1 aliphatic heterocycles. The zero-order valence-electron chi connectivity index (χ0n) is 11.6. The molecule has 2 fully saturated rings. The quantitative estimate of drug-likeness (QED) is 0.793. The van der Waals surface area contributed by atoms with Gasteiger partial charge >= 0.3 is 0 Å². The lowest BCUT2D eigenvalue weighted by atomic mass is 9.80. The van der Waals surface area contributed by atoms with Crippen molar-refractivity contribution in [2.75, 3.05) is 13.2 Å². The second-order valence-corrected chi connectivity index (χ2v) is 6.09. The van der Waals surface area contributed by atoms with Gasteiger partial charge in [-0.2, -0.15) is 0 Å². The molecule has 0 bridgehead atoms. The third-order valence-corrected chi connectivity index (χ3v) is 4.64. The number of ether oxygens (including phenoxy) is 1. The average Bonchev–Trinajstić information content (AvgIpc) is 2.84. The number of nitrogens with one attached hydrogen (secondary N) is 1.